The van der Waals surface area contributed by atoms with Crippen molar-refractivity contribution in [3.05, 3.63) is 122 Å². The Morgan fingerprint density at radius 2 is 0.935 bits per heavy atom. The molecule has 0 aliphatic heterocycles. The van der Waals surface area contributed by atoms with Crippen LogP contribution in [0.15, 0.2) is 122 Å². The molecule has 4 N–H and O–H groups in total. The number of hydrogen-bond donors (Lipinski definition) is 3. The number of carbonyl (C=O) groups is 3. The van der Waals surface area contributed by atoms with Gasteiger partial charge in [0.2, 0.25) is 0 Å². The van der Waals surface area contributed by atoms with E-state index >= 15 is 0 Å². The fourth-order valence-electron chi connectivity index (χ4n) is 5.19. The molecule has 0 aromatic rings. The van der Waals surface area contributed by atoms with E-state index in [0.717, 1.165) is 83.5 Å². The highest BCUT2D eigenvalue weighted by Gasteiger charge is 2.28. The van der Waals surface area contributed by atoms with Gasteiger partial charge < -0.3 is 25.2 Å². The molecule has 0 rings (SSSR count). The quantitative estimate of drug-likeness (QED) is 0.0231. The molecule has 11 nitrogen and oxygen atoms in total. The van der Waals surface area contributed by atoms with Crippen molar-refractivity contribution < 1.29 is 47.5 Å². The predicted octanol–water partition coefficient (Wildman–Crippen LogP) is 12.4. The van der Waals surface area contributed by atoms with E-state index in [1.807, 2.05) is 12.2 Å². The van der Waals surface area contributed by atoms with Crippen molar-refractivity contribution in [3.63, 3.8) is 0 Å². The number of carbonyl (C=O) groups excluding carboxylic acids is 2. The van der Waals surface area contributed by atoms with E-state index in [1.54, 1.807) is 0 Å². The third-order valence-corrected chi connectivity index (χ3v) is 9.66. The normalized spacial score (nSPS) is 14.8. The summed E-state index contributed by atoms with van der Waals surface area (Å²) in [6, 6.07) is -1.54. The van der Waals surface area contributed by atoms with Crippen LogP contribution in [-0.4, -0.2) is 59.9 Å². The Labute approximate surface area is 373 Å². The summed E-state index contributed by atoms with van der Waals surface area (Å²) in [6.07, 6.45) is 58.5. The van der Waals surface area contributed by atoms with Crippen LogP contribution in [0.5, 0.6) is 0 Å². The highest BCUT2D eigenvalue weighted by atomic mass is 31.2. The van der Waals surface area contributed by atoms with Gasteiger partial charge in [0.25, 0.3) is 0 Å². The number of carboxylic acid groups (broad SMARTS) is 1. The van der Waals surface area contributed by atoms with Crippen LogP contribution < -0.4 is 5.73 Å². The summed E-state index contributed by atoms with van der Waals surface area (Å²) < 4.78 is 32.6. The highest BCUT2D eigenvalue weighted by molar-refractivity contribution is 7.47. The first-order chi connectivity index (χ1) is 30.1. The maximum absolute atomic E-state index is 12.6. The van der Waals surface area contributed by atoms with Crippen LogP contribution in [0.2, 0.25) is 0 Å². The van der Waals surface area contributed by atoms with Crippen LogP contribution in [-0.2, 0) is 37.5 Å². The Bertz CT molecular complexity index is 1500. The van der Waals surface area contributed by atoms with E-state index in [2.05, 4.69) is 128 Å². The van der Waals surface area contributed by atoms with Gasteiger partial charge in [0.1, 0.15) is 12.6 Å². The molecule has 0 saturated carbocycles. The van der Waals surface area contributed by atoms with Gasteiger partial charge in [-0.15, -0.1) is 0 Å². The highest BCUT2D eigenvalue weighted by Crippen LogP contribution is 2.43. The van der Waals surface area contributed by atoms with Crippen molar-refractivity contribution in [2.75, 3.05) is 19.8 Å². The number of hydrogen-bond acceptors (Lipinski definition) is 9. The summed E-state index contributed by atoms with van der Waals surface area (Å²) in [5.41, 5.74) is 5.33. The van der Waals surface area contributed by atoms with Gasteiger partial charge in [-0.05, 0) is 96.3 Å². The fraction of sp³-hybridized carbons (Fsp3) is 0.540. The van der Waals surface area contributed by atoms with E-state index in [1.165, 1.54) is 19.3 Å². The van der Waals surface area contributed by atoms with Gasteiger partial charge in [0.05, 0.1) is 13.2 Å². The van der Waals surface area contributed by atoms with Crippen molar-refractivity contribution in [1.82, 2.24) is 0 Å². The molecule has 0 spiro atoms. The number of rotatable bonds is 40. The second kappa shape index (κ2) is 43.5. The van der Waals surface area contributed by atoms with Crippen LogP contribution in [0.25, 0.3) is 0 Å². The fourth-order valence-corrected chi connectivity index (χ4v) is 5.97. The lowest BCUT2D eigenvalue weighted by molar-refractivity contribution is -0.161. The van der Waals surface area contributed by atoms with Crippen molar-refractivity contribution in [2.45, 2.75) is 154 Å². The smallest absolute Gasteiger partial charge is 0.472 e. The first-order valence-corrected chi connectivity index (χ1v) is 24.1. The van der Waals surface area contributed by atoms with Gasteiger partial charge in [-0.2, -0.15) is 0 Å². The maximum atomic E-state index is 12.6. The number of carboxylic acids is 1. The lowest BCUT2D eigenvalue weighted by atomic mass is 10.1. The summed E-state index contributed by atoms with van der Waals surface area (Å²) in [4.78, 5) is 46.0. The molecule has 0 aromatic carbocycles. The SMILES string of the molecule is CC/C=C/C/C=C/C/C=C/C/C=C/C/C=C/C/C=C/CCC(=O)OC[C@H](COP(=O)(O)OC[C@H](N)C(=O)O)OC(=O)CCCCC/C=C/C/C=C/C/C=C/C/C=C/CCCCC. The standard InChI is InChI=1S/C50H78NO10P/c1-3-5-7-9-11-13-15-17-19-21-23-25-27-29-31-33-35-37-39-41-48(52)58-43-46(44-59-62(56,57)60-45-47(51)50(54)55)61-49(53)42-40-38-36-34-32-30-28-26-24-22-20-18-16-14-12-10-8-6-4-2/h5,7,11-14,17-20,23-26,29-32,35,37,46-47H,3-4,6,8-10,15-16,21-22,27-28,33-34,36,38-45,51H2,1-2H3,(H,54,55)(H,56,57)/b7-5+,13-11+,14-12+,19-17+,20-18+,25-23+,26-24+,31-29+,32-30+,37-35+/t46-,47+/m1/s1. The number of phosphoric acid groups is 1. The monoisotopic (exact) mass is 884 g/mol. The molecule has 0 saturated heterocycles. The maximum Gasteiger partial charge on any atom is 0.472 e. The Hall–Kier alpha value is -4.12. The molecule has 0 amide bonds. The molecule has 12 heteroatoms. The molecular weight excluding hydrogens is 806 g/mol. The van der Waals surface area contributed by atoms with E-state index < -0.39 is 57.7 Å². The molecule has 0 heterocycles. The van der Waals surface area contributed by atoms with E-state index in [-0.39, 0.29) is 12.8 Å². The van der Waals surface area contributed by atoms with Crippen molar-refractivity contribution in [1.29, 1.82) is 0 Å². The Kier molecular flexibility index (Phi) is 40.6. The van der Waals surface area contributed by atoms with Crippen LogP contribution in [0.4, 0.5) is 0 Å². The van der Waals surface area contributed by atoms with Crippen LogP contribution in [0.3, 0.4) is 0 Å². The minimum Gasteiger partial charge on any atom is -0.480 e. The Morgan fingerprint density at radius 1 is 0.516 bits per heavy atom. The summed E-state index contributed by atoms with van der Waals surface area (Å²) in [5.74, 6) is -2.54. The molecule has 348 valence electrons. The zero-order valence-corrected chi connectivity index (χ0v) is 38.5. The first-order valence-electron chi connectivity index (χ1n) is 22.6. The van der Waals surface area contributed by atoms with Gasteiger partial charge in [-0.1, -0.05) is 155 Å². The minimum absolute atomic E-state index is 0.0812. The molecule has 3 atom stereocenters. The molecular formula is C50H78NO10P. The largest absolute Gasteiger partial charge is 0.480 e. The van der Waals surface area contributed by atoms with Crippen LogP contribution in [0, 0.1) is 0 Å². The number of unbranched alkanes of at least 4 members (excludes halogenated alkanes) is 6. The van der Waals surface area contributed by atoms with Crippen LogP contribution in [0.1, 0.15) is 142 Å². The summed E-state index contributed by atoms with van der Waals surface area (Å²) in [5, 5.41) is 8.90. The van der Waals surface area contributed by atoms with E-state index in [0.29, 0.717) is 12.8 Å². The van der Waals surface area contributed by atoms with Gasteiger partial charge in [-0.25, -0.2) is 4.57 Å². The zero-order chi connectivity index (χ0) is 45.6. The number of esters is 2. The molecule has 0 aliphatic carbocycles. The number of allylic oxidation sites excluding steroid dienone is 20. The average Bonchev–Trinajstić information content (AvgIpc) is 3.25. The molecule has 62 heavy (non-hydrogen) atoms. The summed E-state index contributed by atoms with van der Waals surface area (Å²) in [7, 11) is -4.75. The van der Waals surface area contributed by atoms with Crippen LogP contribution >= 0.6 is 7.82 Å². The molecule has 0 bridgehead atoms. The lowest BCUT2D eigenvalue weighted by Gasteiger charge is -2.20. The number of aliphatic carboxylic acids is 1. The Balaban J connectivity index is 4.56. The Morgan fingerprint density at radius 3 is 1.39 bits per heavy atom. The summed E-state index contributed by atoms with van der Waals surface area (Å²) >= 11 is 0. The second-order valence-electron chi connectivity index (χ2n) is 14.4. The van der Waals surface area contributed by atoms with Gasteiger partial charge >= 0.3 is 25.7 Å². The van der Waals surface area contributed by atoms with Crippen molar-refractivity contribution in [3.8, 4) is 0 Å². The van der Waals surface area contributed by atoms with E-state index in [4.69, 9.17) is 24.8 Å². The number of phosphoric ester groups is 1. The van der Waals surface area contributed by atoms with Gasteiger partial charge in [0, 0.05) is 12.8 Å². The molecule has 0 aromatic heterocycles. The average molecular weight is 884 g/mol. The predicted molar refractivity (Wildman–Crippen MR) is 253 cm³/mol. The third kappa shape index (κ3) is 42.6. The number of ether oxygens (including phenoxy) is 2. The topological polar surface area (TPSA) is 172 Å². The van der Waals surface area contributed by atoms with Crippen molar-refractivity contribution >= 4 is 25.7 Å². The third-order valence-electron chi connectivity index (χ3n) is 8.71. The van der Waals surface area contributed by atoms with Gasteiger partial charge in [-0.3, -0.25) is 23.4 Å². The molecule has 0 aliphatic rings. The lowest BCUT2D eigenvalue weighted by Crippen LogP contribution is -2.34. The molecule has 0 radical (unpaired) electrons. The first kappa shape index (κ1) is 57.9. The van der Waals surface area contributed by atoms with E-state index in [9.17, 15) is 23.8 Å². The molecule has 1 unspecified atom stereocenters. The second-order valence-corrected chi connectivity index (χ2v) is 15.9. The number of nitrogens with two attached hydrogens (primary N) is 1. The van der Waals surface area contributed by atoms with Crippen molar-refractivity contribution in [2.24, 2.45) is 5.73 Å². The molecule has 0 fully saturated rings. The zero-order valence-electron chi connectivity index (χ0n) is 37.7. The minimum atomic E-state index is -4.75. The van der Waals surface area contributed by atoms with Gasteiger partial charge in [0.15, 0.2) is 6.10 Å². The summed E-state index contributed by atoms with van der Waals surface area (Å²) in [6.45, 7) is 2.53.